The number of nitrogens with zero attached hydrogens (tertiary/aromatic N) is 3. The summed E-state index contributed by atoms with van der Waals surface area (Å²) in [6, 6.07) is 1.48. The summed E-state index contributed by atoms with van der Waals surface area (Å²) in [4.78, 5) is 27.1. The third-order valence-electron chi connectivity index (χ3n) is 6.58. The van der Waals surface area contributed by atoms with Crippen LogP contribution in [0.2, 0.25) is 0 Å². The maximum Gasteiger partial charge on any atom is 0.270 e. The number of hydrogen-bond donors (Lipinski definition) is 1. The largest absolute Gasteiger partial charge is 0.376 e. The third kappa shape index (κ3) is 4.80. The van der Waals surface area contributed by atoms with Gasteiger partial charge in [-0.1, -0.05) is 0 Å². The van der Waals surface area contributed by atoms with Gasteiger partial charge < -0.3 is 19.5 Å². The number of aryl methyl sites for hydroxylation is 1. The number of carbonyl (C=O) groups excluding carboxylic acids is 2. The van der Waals surface area contributed by atoms with Gasteiger partial charge in [0.1, 0.15) is 10.6 Å². The van der Waals surface area contributed by atoms with Crippen LogP contribution in [0.4, 0.5) is 0 Å². The number of sulfonamides is 1. The fourth-order valence-corrected chi connectivity index (χ4v) is 6.18. The predicted molar refractivity (Wildman–Crippen MR) is 114 cm³/mol. The van der Waals surface area contributed by atoms with Gasteiger partial charge in [-0.05, 0) is 44.6 Å². The Kier molecular flexibility index (Phi) is 6.68. The van der Waals surface area contributed by atoms with Gasteiger partial charge in [0.15, 0.2) is 0 Å². The highest BCUT2D eigenvalue weighted by Gasteiger charge is 2.34. The Morgan fingerprint density at radius 1 is 1.10 bits per heavy atom. The number of carbonyl (C=O) groups is 2. The maximum atomic E-state index is 13.1. The molecule has 10 heteroatoms. The molecule has 4 rings (SSSR count). The summed E-state index contributed by atoms with van der Waals surface area (Å²) in [5.74, 6) is -0.329. The van der Waals surface area contributed by atoms with Crippen LogP contribution in [-0.2, 0) is 26.6 Å². The highest BCUT2D eigenvalue weighted by atomic mass is 32.2. The molecule has 2 amide bonds. The van der Waals surface area contributed by atoms with Crippen LogP contribution >= 0.6 is 0 Å². The predicted octanol–water partition coefficient (Wildman–Crippen LogP) is 0.957. The lowest BCUT2D eigenvalue weighted by Crippen LogP contribution is -2.44. The average molecular weight is 453 g/mol. The van der Waals surface area contributed by atoms with E-state index in [-0.39, 0.29) is 28.7 Å². The molecule has 3 aliphatic rings. The van der Waals surface area contributed by atoms with Crippen LogP contribution in [0.25, 0.3) is 0 Å². The number of ether oxygens (including phenoxy) is 1. The molecule has 3 saturated heterocycles. The van der Waals surface area contributed by atoms with Crippen LogP contribution in [-0.4, -0.2) is 79.4 Å². The van der Waals surface area contributed by atoms with Crippen molar-refractivity contribution in [3.05, 3.63) is 18.0 Å². The first-order valence-electron chi connectivity index (χ1n) is 11.2. The zero-order valence-corrected chi connectivity index (χ0v) is 18.9. The summed E-state index contributed by atoms with van der Waals surface area (Å²) in [5.41, 5.74) is 0.392. The second-order valence-electron chi connectivity index (χ2n) is 8.73. The highest BCUT2D eigenvalue weighted by molar-refractivity contribution is 7.89. The monoisotopic (exact) mass is 452 g/mol. The molecule has 3 fully saturated rings. The topological polar surface area (TPSA) is 101 Å². The summed E-state index contributed by atoms with van der Waals surface area (Å²) in [7, 11) is -2.00. The molecule has 1 atom stereocenters. The molecule has 31 heavy (non-hydrogen) atoms. The molecule has 1 N–H and O–H groups in total. The number of amides is 2. The number of aromatic nitrogens is 1. The SMILES string of the molecule is Cn1cc(S(=O)(=O)N2CCC(C(=O)NCC3CCCO3)CC2)cc1C(=O)N1CCCC1. The quantitative estimate of drug-likeness (QED) is 0.693. The van der Waals surface area contributed by atoms with Gasteiger partial charge in [0.05, 0.1) is 6.10 Å². The average Bonchev–Trinajstić information content (AvgIpc) is 3.53. The Bertz CT molecular complexity index is 908. The highest BCUT2D eigenvalue weighted by Crippen LogP contribution is 2.26. The second-order valence-corrected chi connectivity index (χ2v) is 10.7. The van der Waals surface area contributed by atoms with Crippen molar-refractivity contribution in [2.45, 2.75) is 49.5 Å². The smallest absolute Gasteiger partial charge is 0.270 e. The minimum absolute atomic E-state index is 0.0224. The lowest BCUT2D eigenvalue weighted by atomic mass is 9.97. The Morgan fingerprint density at radius 3 is 2.45 bits per heavy atom. The second kappa shape index (κ2) is 9.30. The summed E-state index contributed by atoms with van der Waals surface area (Å²) >= 11 is 0. The Labute approximate surface area is 183 Å². The first kappa shape index (κ1) is 22.3. The molecule has 0 aliphatic carbocycles. The van der Waals surface area contributed by atoms with Crippen LogP contribution in [0.1, 0.15) is 49.0 Å². The fraction of sp³-hybridized carbons (Fsp3) is 0.714. The summed E-state index contributed by atoms with van der Waals surface area (Å²) in [6.07, 6.45) is 6.55. The molecule has 1 unspecified atom stereocenters. The molecule has 1 aromatic heterocycles. The van der Waals surface area contributed by atoms with E-state index in [1.54, 1.807) is 16.5 Å². The first-order chi connectivity index (χ1) is 14.9. The van der Waals surface area contributed by atoms with Crippen LogP contribution in [0.5, 0.6) is 0 Å². The van der Waals surface area contributed by atoms with Crippen molar-refractivity contribution < 1.29 is 22.7 Å². The Morgan fingerprint density at radius 2 is 1.81 bits per heavy atom. The zero-order valence-electron chi connectivity index (χ0n) is 18.1. The molecule has 3 aliphatic heterocycles. The van der Waals surface area contributed by atoms with Crippen molar-refractivity contribution in [1.82, 2.24) is 19.1 Å². The molecular formula is C21H32N4O5S. The van der Waals surface area contributed by atoms with E-state index >= 15 is 0 Å². The van der Waals surface area contributed by atoms with Gasteiger partial charge in [0, 0.05) is 58.5 Å². The van der Waals surface area contributed by atoms with Crippen LogP contribution in [0, 0.1) is 5.92 Å². The van der Waals surface area contributed by atoms with E-state index in [2.05, 4.69) is 5.32 Å². The normalized spacial score (nSPS) is 23.4. The standard InChI is InChI=1S/C21H32N4O5S/c1-23-15-18(13-19(23)21(27)24-8-2-3-9-24)31(28,29)25-10-6-16(7-11-25)20(26)22-14-17-5-4-12-30-17/h13,15-17H,2-12,14H2,1H3,(H,22,26). The Balaban J connectivity index is 1.35. The van der Waals surface area contributed by atoms with E-state index in [9.17, 15) is 18.0 Å². The third-order valence-corrected chi connectivity index (χ3v) is 8.45. The lowest BCUT2D eigenvalue weighted by Gasteiger charge is -2.30. The Hall–Kier alpha value is -1.91. The number of hydrogen-bond acceptors (Lipinski definition) is 5. The van der Waals surface area contributed by atoms with Gasteiger partial charge in [0.25, 0.3) is 5.91 Å². The van der Waals surface area contributed by atoms with Crippen LogP contribution in [0.3, 0.4) is 0 Å². The molecule has 172 valence electrons. The van der Waals surface area contributed by atoms with Crippen molar-refractivity contribution >= 4 is 21.8 Å². The molecule has 4 heterocycles. The molecule has 0 bridgehead atoms. The number of piperidine rings is 1. The number of rotatable bonds is 6. The van der Waals surface area contributed by atoms with Crippen molar-refractivity contribution in [3.8, 4) is 0 Å². The molecule has 0 saturated carbocycles. The van der Waals surface area contributed by atoms with E-state index in [0.717, 1.165) is 32.3 Å². The van der Waals surface area contributed by atoms with Gasteiger partial charge in [-0.15, -0.1) is 0 Å². The maximum absolute atomic E-state index is 13.1. The van der Waals surface area contributed by atoms with Gasteiger partial charge >= 0.3 is 0 Å². The fourth-order valence-electron chi connectivity index (χ4n) is 4.64. The molecule has 1 aromatic rings. The van der Waals surface area contributed by atoms with E-state index in [0.29, 0.717) is 51.3 Å². The van der Waals surface area contributed by atoms with Crippen LogP contribution < -0.4 is 5.32 Å². The number of nitrogens with one attached hydrogen (secondary N) is 1. The minimum atomic E-state index is -3.71. The summed E-state index contributed by atoms with van der Waals surface area (Å²) < 4.78 is 34.8. The first-order valence-corrected chi connectivity index (χ1v) is 12.7. The molecular weight excluding hydrogens is 420 g/mol. The van der Waals surface area contributed by atoms with Crippen molar-refractivity contribution in [2.24, 2.45) is 13.0 Å². The van der Waals surface area contributed by atoms with Gasteiger partial charge in [-0.25, -0.2) is 8.42 Å². The zero-order chi connectivity index (χ0) is 22.0. The minimum Gasteiger partial charge on any atom is -0.376 e. The molecule has 0 spiro atoms. The van der Waals surface area contributed by atoms with Gasteiger partial charge in [-0.3, -0.25) is 9.59 Å². The molecule has 0 aromatic carbocycles. The van der Waals surface area contributed by atoms with Crippen molar-refractivity contribution in [3.63, 3.8) is 0 Å². The van der Waals surface area contributed by atoms with E-state index in [4.69, 9.17) is 4.74 Å². The lowest BCUT2D eigenvalue weighted by molar-refractivity contribution is -0.126. The summed E-state index contributed by atoms with van der Waals surface area (Å²) in [5, 5.41) is 2.95. The van der Waals surface area contributed by atoms with Crippen molar-refractivity contribution in [1.29, 1.82) is 0 Å². The summed E-state index contributed by atoms with van der Waals surface area (Å²) in [6.45, 7) is 3.30. The van der Waals surface area contributed by atoms with Crippen molar-refractivity contribution in [2.75, 3.05) is 39.3 Å². The van der Waals surface area contributed by atoms with Gasteiger partial charge in [-0.2, -0.15) is 4.31 Å². The number of likely N-dealkylation sites (tertiary alicyclic amines) is 1. The molecule has 0 radical (unpaired) electrons. The van der Waals surface area contributed by atoms with E-state index in [1.165, 1.54) is 16.6 Å². The van der Waals surface area contributed by atoms with Gasteiger partial charge in [0.2, 0.25) is 15.9 Å². The van der Waals surface area contributed by atoms with E-state index in [1.807, 2.05) is 0 Å². The van der Waals surface area contributed by atoms with Crippen LogP contribution in [0.15, 0.2) is 17.2 Å². The molecule has 9 nitrogen and oxygen atoms in total. The van der Waals surface area contributed by atoms with E-state index < -0.39 is 10.0 Å².